The van der Waals surface area contributed by atoms with E-state index >= 15 is 0 Å². The Morgan fingerprint density at radius 3 is 2.69 bits per heavy atom. The fourth-order valence-corrected chi connectivity index (χ4v) is 3.36. The van der Waals surface area contributed by atoms with E-state index in [-0.39, 0.29) is 5.97 Å². The number of ether oxygens (including phenoxy) is 2. The molecule has 1 aromatic heterocycles. The normalized spacial score (nSPS) is 10.9. The lowest BCUT2D eigenvalue weighted by Gasteiger charge is -2.09. The summed E-state index contributed by atoms with van der Waals surface area (Å²) in [5.41, 5.74) is 6.65. The lowest BCUT2D eigenvalue weighted by Crippen LogP contribution is -2.03. The van der Waals surface area contributed by atoms with Crippen LogP contribution in [0.25, 0.3) is 0 Å². The quantitative estimate of drug-likeness (QED) is 0.323. The van der Waals surface area contributed by atoms with Gasteiger partial charge in [-0.25, -0.2) is 9.78 Å². The number of carbonyl (C=O) groups excluding carboxylic acids is 1. The van der Waals surface area contributed by atoms with E-state index < -0.39 is 0 Å². The molecule has 0 aliphatic carbocycles. The summed E-state index contributed by atoms with van der Waals surface area (Å²) < 4.78 is 11.0. The second kappa shape index (κ2) is 9.84. The Morgan fingerprint density at radius 2 is 1.93 bits per heavy atom. The summed E-state index contributed by atoms with van der Waals surface area (Å²) in [6, 6.07) is 15.9. The molecule has 3 aromatic rings. The van der Waals surface area contributed by atoms with Crippen molar-refractivity contribution in [2.45, 2.75) is 27.4 Å². The van der Waals surface area contributed by atoms with Crippen molar-refractivity contribution in [2.75, 3.05) is 12.0 Å². The number of para-hydroxylation sites is 1. The van der Waals surface area contributed by atoms with Crippen LogP contribution in [0.15, 0.2) is 53.6 Å². The van der Waals surface area contributed by atoms with Crippen LogP contribution in [0.2, 0.25) is 0 Å². The smallest absolute Gasteiger partial charge is 0.350 e. The summed E-state index contributed by atoms with van der Waals surface area (Å²) in [7, 11) is 0. The number of hydrogen-bond donors (Lipinski definition) is 1. The number of aromatic nitrogens is 1. The van der Waals surface area contributed by atoms with Gasteiger partial charge in [0.05, 0.1) is 18.5 Å². The molecule has 0 bridgehead atoms. The molecule has 0 aliphatic heterocycles. The minimum absolute atomic E-state index is 0.330. The molecule has 0 atom stereocenters. The van der Waals surface area contributed by atoms with Crippen molar-refractivity contribution >= 4 is 28.7 Å². The monoisotopic (exact) mass is 409 g/mol. The molecule has 2 aromatic carbocycles. The highest BCUT2D eigenvalue weighted by atomic mass is 32.1. The molecule has 1 N–H and O–H groups in total. The van der Waals surface area contributed by atoms with Crippen LogP contribution in [0.1, 0.15) is 39.0 Å². The van der Waals surface area contributed by atoms with Crippen molar-refractivity contribution in [3.05, 3.63) is 75.8 Å². The minimum Gasteiger partial charge on any atom is -0.488 e. The van der Waals surface area contributed by atoms with E-state index in [1.54, 1.807) is 20.1 Å². The topological polar surface area (TPSA) is 72.8 Å². The zero-order chi connectivity index (χ0) is 20.6. The Kier molecular flexibility index (Phi) is 6.97. The molecule has 150 valence electrons. The summed E-state index contributed by atoms with van der Waals surface area (Å²) in [5.74, 6) is 0.371. The molecular formula is C22H23N3O3S. The standard InChI is InChI=1S/C22H23N3O3S/c1-4-27-21(26)20-16(3)24-22(29-20)25-23-13-18-7-5-6-8-19(18)28-14-17-11-9-15(2)10-12-17/h5-13H,4,14H2,1-3H3,(H,24,25)/b23-13-. The number of esters is 1. The number of hydrazone groups is 1. The Bertz CT molecular complexity index is 997. The highest BCUT2D eigenvalue weighted by Gasteiger charge is 2.16. The number of benzene rings is 2. The average molecular weight is 410 g/mol. The van der Waals surface area contributed by atoms with Crippen LogP contribution in [0.5, 0.6) is 5.75 Å². The van der Waals surface area contributed by atoms with E-state index in [4.69, 9.17) is 9.47 Å². The first-order valence-electron chi connectivity index (χ1n) is 9.28. The van der Waals surface area contributed by atoms with E-state index in [1.165, 1.54) is 16.9 Å². The van der Waals surface area contributed by atoms with Crippen LogP contribution in [0.3, 0.4) is 0 Å². The minimum atomic E-state index is -0.366. The van der Waals surface area contributed by atoms with Crippen molar-refractivity contribution in [1.29, 1.82) is 0 Å². The molecule has 29 heavy (non-hydrogen) atoms. The van der Waals surface area contributed by atoms with Crippen LogP contribution in [0.4, 0.5) is 5.13 Å². The number of anilines is 1. The third-order valence-corrected chi connectivity index (χ3v) is 5.10. The number of carbonyl (C=O) groups is 1. The van der Waals surface area contributed by atoms with E-state index in [0.29, 0.717) is 28.9 Å². The first kappa shape index (κ1) is 20.5. The summed E-state index contributed by atoms with van der Waals surface area (Å²) in [5, 5.41) is 4.77. The predicted octanol–water partition coefficient (Wildman–Crippen LogP) is 4.96. The summed E-state index contributed by atoms with van der Waals surface area (Å²) in [4.78, 5) is 16.7. The van der Waals surface area contributed by atoms with E-state index in [1.807, 2.05) is 24.3 Å². The largest absolute Gasteiger partial charge is 0.488 e. The molecule has 0 amide bonds. The highest BCUT2D eigenvalue weighted by molar-refractivity contribution is 7.17. The summed E-state index contributed by atoms with van der Waals surface area (Å²) in [6.07, 6.45) is 1.67. The van der Waals surface area contributed by atoms with Gasteiger partial charge in [-0.1, -0.05) is 53.3 Å². The summed E-state index contributed by atoms with van der Waals surface area (Å²) >= 11 is 1.21. The Balaban J connectivity index is 1.64. The van der Waals surface area contributed by atoms with Gasteiger partial charge in [-0.05, 0) is 38.5 Å². The number of hydrogen-bond acceptors (Lipinski definition) is 7. The van der Waals surface area contributed by atoms with Gasteiger partial charge in [-0.3, -0.25) is 5.43 Å². The molecule has 0 saturated heterocycles. The van der Waals surface area contributed by atoms with Crippen LogP contribution in [-0.2, 0) is 11.3 Å². The van der Waals surface area contributed by atoms with Gasteiger partial charge < -0.3 is 9.47 Å². The Labute approximate surface area is 174 Å². The van der Waals surface area contributed by atoms with Gasteiger partial charge in [0.1, 0.15) is 17.2 Å². The number of thiazole rings is 1. The predicted molar refractivity (Wildman–Crippen MR) is 116 cm³/mol. The highest BCUT2D eigenvalue weighted by Crippen LogP contribution is 2.23. The molecule has 3 rings (SSSR count). The lowest BCUT2D eigenvalue weighted by atomic mass is 10.1. The average Bonchev–Trinajstić information content (AvgIpc) is 3.09. The van der Waals surface area contributed by atoms with Crippen molar-refractivity contribution < 1.29 is 14.3 Å². The number of aryl methyl sites for hydroxylation is 2. The number of nitrogens with zero attached hydrogens (tertiary/aromatic N) is 2. The lowest BCUT2D eigenvalue weighted by molar-refractivity contribution is 0.0531. The maximum Gasteiger partial charge on any atom is 0.350 e. The van der Waals surface area contributed by atoms with Gasteiger partial charge in [-0.2, -0.15) is 5.10 Å². The molecule has 0 unspecified atom stereocenters. The molecular weight excluding hydrogens is 386 g/mol. The Morgan fingerprint density at radius 1 is 1.17 bits per heavy atom. The van der Waals surface area contributed by atoms with Gasteiger partial charge in [0, 0.05) is 5.56 Å². The second-order valence-electron chi connectivity index (χ2n) is 6.34. The maximum absolute atomic E-state index is 11.9. The number of nitrogens with one attached hydrogen (secondary N) is 1. The van der Waals surface area contributed by atoms with Crippen LogP contribution >= 0.6 is 11.3 Å². The third kappa shape index (κ3) is 5.65. The fourth-order valence-electron chi connectivity index (χ4n) is 2.55. The molecule has 0 saturated carbocycles. The van der Waals surface area contributed by atoms with Crippen LogP contribution in [0, 0.1) is 13.8 Å². The first-order valence-corrected chi connectivity index (χ1v) is 10.1. The van der Waals surface area contributed by atoms with Crippen LogP contribution < -0.4 is 10.2 Å². The second-order valence-corrected chi connectivity index (χ2v) is 7.34. The molecule has 0 spiro atoms. The van der Waals surface area contributed by atoms with Gasteiger partial charge >= 0.3 is 5.97 Å². The Hall–Kier alpha value is -3.19. The van der Waals surface area contributed by atoms with Crippen molar-refractivity contribution in [2.24, 2.45) is 5.10 Å². The zero-order valence-electron chi connectivity index (χ0n) is 16.6. The molecule has 6 nitrogen and oxygen atoms in total. The third-order valence-electron chi connectivity index (χ3n) is 4.06. The van der Waals surface area contributed by atoms with Crippen molar-refractivity contribution in [1.82, 2.24) is 4.98 Å². The maximum atomic E-state index is 11.9. The SMILES string of the molecule is CCOC(=O)c1sc(N/N=C\c2ccccc2OCc2ccc(C)cc2)nc1C. The molecule has 7 heteroatoms. The van der Waals surface area contributed by atoms with Gasteiger partial charge in [0.2, 0.25) is 5.13 Å². The van der Waals surface area contributed by atoms with Crippen molar-refractivity contribution in [3.8, 4) is 5.75 Å². The van der Waals surface area contributed by atoms with Crippen LogP contribution in [-0.4, -0.2) is 23.8 Å². The first-order chi connectivity index (χ1) is 14.1. The van der Waals surface area contributed by atoms with E-state index in [0.717, 1.165) is 16.9 Å². The van der Waals surface area contributed by atoms with Gasteiger partial charge in [0.25, 0.3) is 0 Å². The van der Waals surface area contributed by atoms with Gasteiger partial charge in [0.15, 0.2) is 0 Å². The zero-order valence-corrected chi connectivity index (χ0v) is 17.5. The molecule has 0 fully saturated rings. The number of rotatable bonds is 8. The van der Waals surface area contributed by atoms with Gasteiger partial charge in [-0.15, -0.1) is 0 Å². The molecule has 1 heterocycles. The van der Waals surface area contributed by atoms with Crippen molar-refractivity contribution in [3.63, 3.8) is 0 Å². The fraction of sp³-hybridized carbons (Fsp3) is 0.227. The summed E-state index contributed by atoms with van der Waals surface area (Å²) in [6.45, 7) is 6.41. The van der Waals surface area contributed by atoms with E-state index in [9.17, 15) is 4.79 Å². The molecule has 0 aliphatic rings. The molecule has 0 radical (unpaired) electrons. The van der Waals surface area contributed by atoms with E-state index in [2.05, 4.69) is 46.7 Å².